The lowest BCUT2D eigenvalue weighted by atomic mass is 9.85. The van der Waals surface area contributed by atoms with Gasteiger partial charge >= 0.3 is 5.97 Å². The lowest BCUT2D eigenvalue weighted by Gasteiger charge is -2.24. The van der Waals surface area contributed by atoms with Gasteiger partial charge in [0.1, 0.15) is 0 Å². The number of aryl methyl sites for hydroxylation is 1. The normalized spacial score (nSPS) is 15.8. The Morgan fingerprint density at radius 1 is 1.10 bits per heavy atom. The number of hydrogen-bond acceptors (Lipinski definition) is 1. The highest BCUT2D eigenvalue weighted by atomic mass is 16.4. The molecule has 1 aliphatic rings. The van der Waals surface area contributed by atoms with E-state index in [9.17, 15) is 4.79 Å². The van der Waals surface area contributed by atoms with Gasteiger partial charge in [0.25, 0.3) is 0 Å². The van der Waals surface area contributed by atoms with E-state index in [1.807, 2.05) is 6.07 Å². The number of aliphatic carboxylic acids is 1. The molecule has 150 valence electrons. The Bertz CT molecular complexity index is 987. The van der Waals surface area contributed by atoms with Crippen LogP contribution in [-0.4, -0.2) is 15.6 Å². The number of hydrogen-bond donors (Lipinski definition) is 1. The van der Waals surface area contributed by atoms with Gasteiger partial charge in [-0.25, -0.2) is 0 Å². The van der Waals surface area contributed by atoms with E-state index >= 15 is 0 Å². The van der Waals surface area contributed by atoms with Crippen molar-refractivity contribution in [3.63, 3.8) is 0 Å². The molecule has 0 saturated carbocycles. The molecular formula is C26H29NO2. The van der Waals surface area contributed by atoms with E-state index in [4.69, 9.17) is 5.11 Å². The number of rotatable bonds is 7. The number of carboxylic acid groups (broad SMARTS) is 1. The molecule has 0 bridgehead atoms. The molecule has 3 heteroatoms. The quantitative estimate of drug-likeness (QED) is 0.535. The van der Waals surface area contributed by atoms with Gasteiger partial charge in [-0.2, -0.15) is 0 Å². The molecule has 1 atom stereocenters. The number of aromatic nitrogens is 1. The maximum atomic E-state index is 11.0. The molecule has 1 aromatic heterocycles. The van der Waals surface area contributed by atoms with Crippen LogP contribution in [-0.2, 0) is 24.1 Å². The van der Waals surface area contributed by atoms with Crippen LogP contribution in [0.3, 0.4) is 0 Å². The van der Waals surface area contributed by atoms with Crippen LogP contribution in [0.2, 0.25) is 0 Å². The van der Waals surface area contributed by atoms with Crippen LogP contribution in [0.25, 0.3) is 16.9 Å². The average molecular weight is 388 g/mol. The monoisotopic (exact) mass is 387 g/mol. The van der Waals surface area contributed by atoms with Gasteiger partial charge in [0.05, 0.1) is 5.69 Å². The van der Waals surface area contributed by atoms with E-state index in [-0.39, 0.29) is 6.42 Å². The van der Waals surface area contributed by atoms with Gasteiger partial charge in [0.15, 0.2) is 0 Å². The van der Waals surface area contributed by atoms with E-state index in [0.717, 1.165) is 30.0 Å². The summed E-state index contributed by atoms with van der Waals surface area (Å²) >= 11 is 0. The summed E-state index contributed by atoms with van der Waals surface area (Å²) in [5.41, 5.74) is 7.58. The third kappa shape index (κ3) is 4.29. The maximum absolute atomic E-state index is 11.0. The highest BCUT2D eigenvalue weighted by Crippen LogP contribution is 2.36. The number of nitrogens with zero attached hydrogens (tertiary/aromatic N) is 1. The van der Waals surface area contributed by atoms with E-state index in [1.54, 1.807) is 0 Å². The SMILES string of the molecule is CCCC1CCc2c(cc(-c3ccccc3)n2-c2cccc(CCC(=O)O)c2)C1. The Labute approximate surface area is 173 Å². The predicted octanol–water partition coefficient (Wildman–Crippen LogP) is 6.07. The molecule has 4 rings (SSSR count). The molecule has 0 fully saturated rings. The Morgan fingerprint density at radius 2 is 1.93 bits per heavy atom. The highest BCUT2D eigenvalue weighted by molar-refractivity contribution is 5.68. The molecule has 0 amide bonds. The summed E-state index contributed by atoms with van der Waals surface area (Å²) in [4.78, 5) is 11.0. The molecule has 0 spiro atoms. The first kappa shape index (κ1) is 19.5. The van der Waals surface area contributed by atoms with E-state index in [0.29, 0.717) is 6.42 Å². The topological polar surface area (TPSA) is 42.2 Å². The summed E-state index contributed by atoms with van der Waals surface area (Å²) in [7, 11) is 0. The number of fused-ring (bicyclic) bond motifs is 1. The van der Waals surface area contributed by atoms with Crippen molar-refractivity contribution in [2.45, 2.75) is 51.9 Å². The zero-order valence-corrected chi connectivity index (χ0v) is 17.1. The molecule has 0 saturated heterocycles. The van der Waals surface area contributed by atoms with Crippen molar-refractivity contribution in [3.05, 3.63) is 77.5 Å². The largest absolute Gasteiger partial charge is 0.481 e. The Morgan fingerprint density at radius 3 is 2.69 bits per heavy atom. The van der Waals surface area contributed by atoms with Gasteiger partial charge in [-0.3, -0.25) is 4.79 Å². The minimum absolute atomic E-state index is 0.164. The first-order chi connectivity index (χ1) is 14.2. The van der Waals surface area contributed by atoms with Gasteiger partial charge in [0, 0.05) is 17.8 Å². The second-order valence-corrected chi connectivity index (χ2v) is 8.16. The Hall–Kier alpha value is -2.81. The fourth-order valence-electron chi connectivity index (χ4n) is 4.68. The molecule has 0 radical (unpaired) electrons. The second kappa shape index (κ2) is 8.69. The lowest BCUT2D eigenvalue weighted by Crippen LogP contribution is -2.15. The molecule has 1 aliphatic carbocycles. The molecule has 1 unspecified atom stereocenters. The zero-order chi connectivity index (χ0) is 20.2. The highest BCUT2D eigenvalue weighted by Gasteiger charge is 2.24. The van der Waals surface area contributed by atoms with Crippen LogP contribution in [0, 0.1) is 5.92 Å². The summed E-state index contributed by atoms with van der Waals surface area (Å²) < 4.78 is 2.41. The summed E-state index contributed by atoms with van der Waals surface area (Å²) in [5.74, 6) is 0.0366. The third-order valence-electron chi connectivity index (χ3n) is 6.05. The van der Waals surface area contributed by atoms with Crippen LogP contribution >= 0.6 is 0 Å². The van der Waals surface area contributed by atoms with Crippen LogP contribution in [0.4, 0.5) is 0 Å². The van der Waals surface area contributed by atoms with Crippen molar-refractivity contribution in [1.29, 1.82) is 0 Å². The molecule has 3 aromatic rings. The number of carbonyl (C=O) groups is 1. The fraction of sp³-hybridized carbons (Fsp3) is 0.346. The van der Waals surface area contributed by atoms with Crippen molar-refractivity contribution in [1.82, 2.24) is 4.57 Å². The first-order valence-corrected chi connectivity index (χ1v) is 10.8. The molecule has 1 N–H and O–H groups in total. The van der Waals surface area contributed by atoms with Crippen LogP contribution in [0.15, 0.2) is 60.7 Å². The van der Waals surface area contributed by atoms with Crippen molar-refractivity contribution in [2.24, 2.45) is 5.92 Å². The first-order valence-electron chi connectivity index (χ1n) is 10.8. The Balaban J connectivity index is 1.78. The van der Waals surface area contributed by atoms with Gasteiger partial charge < -0.3 is 9.67 Å². The average Bonchev–Trinajstić information content (AvgIpc) is 3.12. The lowest BCUT2D eigenvalue weighted by molar-refractivity contribution is -0.136. The molecule has 2 aromatic carbocycles. The molecule has 0 aliphatic heterocycles. The second-order valence-electron chi connectivity index (χ2n) is 8.16. The standard InChI is InChI=1S/C26H29NO2/c1-2-7-19-12-14-24-22(16-19)18-25(21-9-4-3-5-10-21)27(24)23-11-6-8-20(17-23)13-15-26(28)29/h3-6,8-11,17-19H,2,7,12-16H2,1H3,(H,28,29). The fourth-order valence-corrected chi connectivity index (χ4v) is 4.68. The number of carboxylic acids is 1. The van der Waals surface area contributed by atoms with Gasteiger partial charge in [-0.1, -0.05) is 62.2 Å². The van der Waals surface area contributed by atoms with Crippen molar-refractivity contribution < 1.29 is 9.90 Å². The summed E-state index contributed by atoms with van der Waals surface area (Å²) in [6, 6.07) is 21.4. The molecule has 3 nitrogen and oxygen atoms in total. The summed E-state index contributed by atoms with van der Waals surface area (Å²) in [6.45, 7) is 2.28. The number of benzene rings is 2. The maximum Gasteiger partial charge on any atom is 0.303 e. The van der Waals surface area contributed by atoms with Gasteiger partial charge in [-0.05, 0) is 66.5 Å². The van der Waals surface area contributed by atoms with Crippen LogP contribution < -0.4 is 0 Å². The minimum Gasteiger partial charge on any atom is -0.481 e. The van der Waals surface area contributed by atoms with E-state index < -0.39 is 5.97 Å². The van der Waals surface area contributed by atoms with Crippen LogP contribution in [0.5, 0.6) is 0 Å². The molecule has 29 heavy (non-hydrogen) atoms. The van der Waals surface area contributed by atoms with Crippen LogP contribution in [0.1, 0.15) is 49.4 Å². The van der Waals surface area contributed by atoms with Gasteiger partial charge in [0.2, 0.25) is 0 Å². The van der Waals surface area contributed by atoms with Crippen molar-refractivity contribution in [3.8, 4) is 16.9 Å². The predicted molar refractivity (Wildman–Crippen MR) is 118 cm³/mol. The summed E-state index contributed by atoms with van der Waals surface area (Å²) in [6.07, 6.45) is 6.79. The van der Waals surface area contributed by atoms with E-state index in [2.05, 4.69) is 66.1 Å². The van der Waals surface area contributed by atoms with Crippen molar-refractivity contribution >= 4 is 5.97 Å². The zero-order valence-electron chi connectivity index (χ0n) is 17.1. The van der Waals surface area contributed by atoms with E-state index in [1.165, 1.54) is 41.8 Å². The minimum atomic E-state index is -0.749. The molecular weight excluding hydrogens is 358 g/mol. The molecule has 1 heterocycles. The van der Waals surface area contributed by atoms with Crippen molar-refractivity contribution in [2.75, 3.05) is 0 Å². The summed E-state index contributed by atoms with van der Waals surface area (Å²) in [5, 5.41) is 9.04. The smallest absolute Gasteiger partial charge is 0.303 e. The Kier molecular flexibility index (Phi) is 5.84. The van der Waals surface area contributed by atoms with Gasteiger partial charge in [-0.15, -0.1) is 0 Å². The third-order valence-corrected chi connectivity index (χ3v) is 6.05.